The van der Waals surface area contributed by atoms with Gasteiger partial charge >= 0.3 is 5.97 Å². The highest BCUT2D eigenvalue weighted by molar-refractivity contribution is 5.72. The molecule has 1 saturated heterocycles. The number of carbonyl (C=O) groups is 1. The van der Waals surface area contributed by atoms with E-state index < -0.39 is 42.4 Å². The van der Waals surface area contributed by atoms with E-state index in [1.165, 1.54) is 0 Å². The lowest BCUT2D eigenvalue weighted by atomic mass is 9.83. The van der Waals surface area contributed by atoms with E-state index in [2.05, 4.69) is 0 Å². The van der Waals surface area contributed by atoms with Crippen LogP contribution >= 0.6 is 0 Å². The summed E-state index contributed by atoms with van der Waals surface area (Å²) in [6.45, 7) is 0. The Morgan fingerprint density at radius 2 is 1.62 bits per heavy atom. The molecule has 1 heterocycles. The van der Waals surface area contributed by atoms with Crippen molar-refractivity contribution in [3.8, 4) is 0 Å². The molecule has 4 N–H and O–H groups in total. The maximum absolute atomic E-state index is 10.6. The van der Waals surface area contributed by atoms with Gasteiger partial charge in [-0.3, -0.25) is 4.79 Å². The average molecular weight is 190 g/mol. The van der Waals surface area contributed by atoms with E-state index >= 15 is 0 Å². The van der Waals surface area contributed by atoms with E-state index in [-0.39, 0.29) is 0 Å². The molecule has 1 aliphatic heterocycles. The Labute approximate surface area is 73.4 Å². The third kappa shape index (κ3) is 1.14. The molecule has 0 aromatic carbocycles. The zero-order valence-corrected chi connectivity index (χ0v) is 6.57. The van der Waals surface area contributed by atoms with Crippen LogP contribution in [0.3, 0.4) is 0 Å². The van der Waals surface area contributed by atoms with Crippen molar-refractivity contribution in [2.45, 2.75) is 30.5 Å². The summed E-state index contributed by atoms with van der Waals surface area (Å²) in [7, 11) is 0. The summed E-state index contributed by atoms with van der Waals surface area (Å²) in [5.41, 5.74) is 0. The molecule has 2 fully saturated rings. The van der Waals surface area contributed by atoms with Gasteiger partial charge < -0.3 is 25.2 Å². The number of hydrogen-bond acceptors (Lipinski definition) is 5. The van der Waals surface area contributed by atoms with Gasteiger partial charge in [0.25, 0.3) is 0 Å². The number of aliphatic hydroxyl groups is 3. The Hall–Kier alpha value is -0.690. The van der Waals surface area contributed by atoms with Crippen LogP contribution in [0.4, 0.5) is 0 Å². The zero-order valence-electron chi connectivity index (χ0n) is 6.57. The molecule has 0 unspecified atom stereocenters. The lowest BCUT2D eigenvalue weighted by Crippen LogP contribution is -2.53. The highest BCUT2D eigenvalue weighted by Crippen LogP contribution is 2.41. The number of fused-ring (bicyclic) bond motifs is 1. The third-order valence-corrected chi connectivity index (χ3v) is 2.60. The molecular formula is C7H10O6. The largest absolute Gasteiger partial charge is 0.481 e. The molecule has 0 aromatic heterocycles. The topological polar surface area (TPSA) is 111 Å². The van der Waals surface area contributed by atoms with Gasteiger partial charge in [-0.15, -0.1) is 0 Å². The monoisotopic (exact) mass is 190 g/mol. The number of epoxide rings is 1. The molecular weight excluding hydrogens is 180 g/mol. The number of carboxylic acid groups (broad SMARTS) is 1. The van der Waals surface area contributed by atoms with E-state index in [0.29, 0.717) is 0 Å². The van der Waals surface area contributed by atoms with Gasteiger partial charge in [0.05, 0.1) is 6.10 Å². The lowest BCUT2D eigenvalue weighted by Gasteiger charge is -2.29. The molecule has 2 aliphatic rings. The molecule has 0 amide bonds. The Balaban J connectivity index is 2.19. The molecule has 74 valence electrons. The molecule has 6 nitrogen and oxygen atoms in total. The summed E-state index contributed by atoms with van der Waals surface area (Å²) in [5, 5.41) is 36.4. The van der Waals surface area contributed by atoms with Crippen molar-refractivity contribution in [1.29, 1.82) is 0 Å². The number of carboxylic acids is 1. The van der Waals surface area contributed by atoms with Crippen molar-refractivity contribution < 1.29 is 30.0 Å². The van der Waals surface area contributed by atoms with Gasteiger partial charge in [-0.1, -0.05) is 0 Å². The summed E-state index contributed by atoms with van der Waals surface area (Å²) >= 11 is 0. The minimum atomic E-state index is -1.46. The fourth-order valence-electron chi connectivity index (χ4n) is 1.79. The first-order valence-corrected chi connectivity index (χ1v) is 3.96. The maximum Gasteiger partial charge on any atom is 0.312 e. The molecule has 6 heteroatoms. The SMILES string of the molecule is O=C(O)[C@@H]1[C@@H](O)[C@H](O)[C@@H](O)[C@@H]2O[C@@H]21. The lowest BCUT2D eigenvalue weighted by molar-refractivity contribution is -0.156. The first kappa shape index (κ1) is 8.89. The molecule has 1 aliphatic carbocycles. The van der Waals surface area contributed by atoms with Gasteiger partial charge in [0.15, 0.2) is 0 Å². The van der Waals surface area contributed by atoms with Gasteiger partial charge in [0.2, 0.25) is 0 Å². The van der Waals surface area contributed by atoms with Crippen molar-refractivity contribution in [1.82, 2.24) is 0 Å². The van der Waals surface area contributed by atoms with E-state index in [4.69, 9.17) is 9.84 Å². The van der Waals surface area contributed by atoms with Crippen LogP contribution in [-0.2, 0) is 9.53 Å². The van der Waals surface area contributed by atoms with Gasteiger partial charge in [0.1, 0.15) is 30.3 Å². The molecule has 0 bridgehead atoms. The fourth-order valence-corrected chi connectivity index (χ4v) is 1.79. The summed E-state index contributed by atoms with van der Waals surface area (Å²) in [5.74, 6) is -2.35. The Morgan fingerprint density at radius 1 is 1.00 bits per heavy atom. The Morgan fingerprint density at radius 3 is 2.15 bits per heavy atom. The van der Waals surface area contributed by atoms with Crippen LogP contribution < -0.4 is 0 Å². The van der Waals surface area contributed by atoms with Crippen molar-refractivity contribution in [2.24, 2.45) is 5.92 Å². The first-order chi connectivity index (χ1) is 6.04. The van der Waals surface area contributed by atoms with Crippen LogP contribution in [0.2, 0.25) is 0 Å². The smallest absolute Gasteiger partial charge is 0.312 e. The van der Waals surface area contributed by atoms with Crippen LogP contribution in [0, 0.1) is 5.92 Å². The number of rotatable bonds is 1. The number of aliphatic carboxylic acids is 1. The van der Waals surface area contributed by atoms with Gasteiger partial charge in [-0.2, -0.15) is 0 Å². The normalized spacial score (nSPS) is 54.1. The van der Waals surface area contributed by atoms with Crippen molar-refractivity contribution in [3.05, 3.63) is 0 Å². The minimum absolute atomic E-state index is 0.639. The molecule has 0 spiro atoms. The van der Waals surface area contributed by atoms with Crippen LogP contribution in [0.1, 0.15) is 0 Å². The predicted octanol–water partition coefficient (Wildman–Crippen LogP) is -2.45. The second-order valence-corrected chi connectivity index (χ2v) is 3.40. The van der Waals surface area contributed by atoms with Gasteiger partial charge in [0, 0.05) is 0 Å². The standard InChI is InChI=1S/C7H10O6/c8-2-1(7(11)12)5-6(13-5)4(10)3(2)9/h1-6,8-10H,(H,11,12)/t1-,2-,3+,4-,5-,6+/m1/s1. The fraction of sp³-hybridized carbons (Fsp3) is 0.857. The van der Waals surface area contributed by atoms with Crippen LogP contribution in [0.15, 0.2) is 0 Å². The highest BCUT2D eigenvalue weighted by atomic mass is 16.6. The average Bonchev–Trinajstić information content (AvgIpc) is 2.79. The third-order valence-electron chi connectivity index (χ3n) is 2.60. The first-order valence-electron chi connectivity index (χ1n) is 3.96. The molecule has 0 aromatic rings. The molecule has 0 radical (unpaired) electrons. The Bertz CT molecular complexity index is 241. The number of aliphatic hydroxyl groups excluding tert-OH is 3. The van der Waals surface area contributed by atoms with E-state index in [9.17, 15) is 20.1 Å². The predicted molar refractivity (Wildman–Crippen MR) is 37.8 cm³/mol. The summed E-state index contributed by atoms with van der Waals surface area (Å²) in [4.78, 5) is 10.6. The molecule has 13 heavy (non-hydrogen) atoms. The molecule has 1 saturated carbocycles. The zero-order chi connectivity index (χ0) is 9.75. The highest BCUT2D eigenvalue weighted by Gasteiger charge is 2.62. The summed E-state index contributed by atoms with van der Waals surface area (Å²) in [6.07, 6.45) is -5.39. The second kappa shape index (κ2) is 2.65. The maximum atomic E-state index is 10.6. The van der Waals surface area contributed by atoms with Gasteiger partial charge in [-0.25, -0.2) is 0 Å². The molecule has 2 rings (SSSR count). The van der Waals surface area contributed by atoms with Crippen LogP contribution in [0.25, 0.3) is 0 Å². The van der Waals surface area contributed by atoms with Crippen molar-refractivity contribution >= 4 is 5.97 Å². The van der Waals surface area contributed by atoms with Crippen LogP contribution in [0.5, 0.6) is 0 Å². The number of ether oxygens (including phenoxy) is 1. The number of hydrogen-bond donors (Lipinski definition) is 4. The second-order valence-electron chi connectivity index (χ2n) is 3.40. The summed E-state index contributed by atoms with van der Waals surface area (Å²) < 4.78 is 4.85. The molecule has 6 atom stereocenters. The quantitative estimate of drug-likeness (QED) is 0.342. The van der Waals surface area contributed by atoms with Crippen LogP contribution in [-0.4, -0.2) is 56.9 Å². The van der Waals surface area contributed by atoms with E-state index in [1.54, 1.807) is 0 Å². The van der Waals surface area contributed by atoms with Crippen molar-refractivity contribution in [3.63, 3.8) is 0 Å². The van der Waals surface area contributed by atoms with E-state index in [1.807, 2.05) is 0 Å². The van der Waals surface area contributed by atoms with Gasteiger partial charge in [-0.05, 0) is 0 Å². The summed E-state index contributed by atoms with van der Waals surface area (Å²) in [6, 6.07) is 0. The van der Waals surface area contributed by atoms with Crippen molar-refractivity contribution in [2.75, 3.05) is 0 Å². The van der Waals surface area contributed by atoms with E-state index in [0.717, 1.165) is 0 Å². The minimum Gasteiger partial charge on any atom is -0.481 e. The Kier molecular flexibility index (Phi) is 1.81.